The number of nitrogens with one attached hydrogen (secondary N) is 2. The summed E-state index contributed by atoms with van der Waals surface area (Å²) in [5.74, 6) is 0.809. The zero-order chi connectivity index (χ0) is 12.0. The van der Waals surface area contributed by atoms with Gasteiger partial charge in [-0.3, -0.25) is 10.3 Å². The Kier molecular flexibility index (Phi) is 2.12. The van der Waals surface area contributed by atoms with Gasteiger partial charge in [0.2, 0.25) is 0 Å². The lowest BCUT2D eigenvalue weighted by molar-refractivity contribution is 0.291. The number of benzene rings is 1. The second kappa shape index (κ2) is 3.53. The molecule has 1 aromatic rings. The van der Waals surface area contributed by atoms with Gasteiger partial charge in [-0.25, -0.2) is 0 Å². The minimum atomic E-state index is -0.00491. The number of hydrogen-bond acceptors (Lipinski definition) is 4. The summed E-state index contributed by atoms with van der Waals surface area (Å²) in [5, 5.41) is 10.4. The highest BCUT2D eigenvalue weighted by atomic mass is 16.5. The zero-order valence-electron chi connectivity index (χ0n) is 9.53. The number of hydrogen-bond donors (Lipinski definition) is 2. The fourth-order valence-corrected chi connectivity index (χ4v) is 2.07. The van der Waals surface area contributed by atoms with Gasteiger partial charge < -0.3 is 10.1 Å². The molecule has 2 aliphatic heterocycles. The molecule has 2 atom stereocenters. The Morgan fingerprint density at radius 2 is 2.41 bits per heavy atom. The first-order chi connectivity index (χ1) is 8.20. The maximum Gasteiger partial charge on any atom is 0.187 e. The summed E-state index contributed by atoms with van der Waals surface area (Å²) < 4.78 is 5.79. The van der Waals surface area contributed by atoms with Crippen LogP contribution in [0.15, 0.2) is 29.8 Å². The van der Waals surface area contributed by atoms with Gasteiger partial charge in [-0.1, -0.05) is 18.7 Å². The maximum absolute atomic E-state index is 7.31. The summed E-state index contributed by atoms with van der Waals surface area (Å²) in [7, 11) is 0. The molecule has 2 aliphatic rings. The second-order valence-electron chi connectivity index (χ2n) is 4.21. The fourth-order valence-electron chi connectivity index (χ4n) is 2.07. The molecule has 4 heteroatoms. The van der Waals surface area contributed by atoms with Crippen LogP contribution in [-0.4, -0.2) is 24.3 Å². The van der Waals surface area contributed by atoms with E-state index >= 15 is 0 Å². The van der Waals surface area contributed by atoms with Crippen LogP contribution in [0, 0.1) is 5.41 Å². The molecule has 17 heavy (non-hydrogen) atoms. The molecule has 0 bridgehead atoms. The zero-order valence-corrected chi connectivity index (χ0v) is 9.53. The van der Waals surface area contributed by atoms with Crippen LogP contribution in [0.5, 0.6) is 5.75 Å². The molecule has 2 heterocycles. The van der Waals surface area contributed by atoms with Gasteiger partial charge in [0.1, 0.15) is 5.75 Å². The van der Waals surface area contributed by atoms with E-state index in [1.807, 2.05) is 25.1 Å². The van der Waals surface area contributed by atoms with Crippen molar-refractivity contribution in [1.82, 2.24) is 5.32 Å². The molecule has 2 unspecified atom stereocenters. The van der Waals surface area contributed by atoms with Crippen LogP contribution in [0.1, 0.15) is 18.1 Å². The van der Waals surface area contributed by atoms with Crippen molar-refractivity contribution in [2.45, 2.75) is 19.3 Å². The van der Waals surface area contributed by atoms with Gasteiger partial charge in [-0.05, 0) is 24.1 Å². The third kappa shape index (κ3) is 1.57. The molecule has 2 N–H and O–H groups in total. The van der Waals surface area contributed by atoms with Crippen molar-refractivity contribution in [3.05, 3.63) is 35.9 Å². The summed E-state index contributed by atoms with van der Waals surface area (Å²) in [4.78, 5) is 4.53. The third-order valence-electron chi connectivity index (χ3n) is 3.01. The van der Waals surface area contributed by atoms with Gasteiger partial charge in [-0.2, -0.15) is 0 Å². The number of ether oxygens (including phenoxy) is 1. The van der Waals surface area contributed by atoms with Gasteiger partial charge >= 0.3 is 0 Å². The Bertz CT molecular complexity index is 548. The first-order valence-electron chi connectivity index (χ1n) is 5.51. The monoisotopic (exact) mass is 227 g/mol. The number of fused-ring (bicyclic) bond motifs is 2. The lowest BCUT2D eigenvalue weighted by Crippen LogP contribution is -2.07. The number of rotatable bonds is 2. The summed E-state index contributed by atoms with van der Waals surface area (Å²) in [6.45, 7) is 5.84. The molecule has 3 rings (SSSR count). The minimum absolute atomic E-state index is 0.00491. The smallest absolute Gasteiger partial charge is 0.187 e. The van der Waals surface area contributed by atoms with E-state index in [1.54, 1.807) is 0 Å². The molecular weight excluding hydrogens is 214 g/mol. The second-order valence-corrected chi connectivity index (χ2v) is 4.21. The molecule has 0 aliphatic carbocycles. The van der Waals surface area contributed by atoms with Crippen molar-refractivity contribution in [2.75, 3.05) is 0 Å². The van der Waals surface area contributed by atoms with E-state index in [1.165, 1.54) is 6.21 Å². The van der Waals surface area contributed by atoms with Crippen molar-refractivity contribution in [1.29, 1.82) is 5.41 Å². The Labute approximate surface area is 99.5 Å². The van der Waals surface area contributed by atoms with Crippen LogP contribution in [0.2, 0.25) is 0 Å². The van der Waals surface area contributed by atoms with E-state index in [0.29, 0.717) is 5.57 Å². The molecule has 86 valence electrons. The normalized spacial score (nSPS) is 24.6. The van der Waals surface area contributed by atoms with Gasteiger partial charge in [0.25, 0.3) is 0 Å². The van der Waals surface area contributed by atoms with E-state index in [4.69, 9.17) is 10.1 Å². The van der Waals surface area contributed by atoms with Crippen molar-refractivity contribution >= 4 is 17.5 Å². The first kappa shape index (κ1) is 10.2. The van der Waals surface area contributed by atoms with Crippen LogP contribution in [0.4, 0.5) is 0 Å². The molecule has 0 aromatic heterocycles. The molecule has 1 fully saturated rings. The Morgan fingerprint density at radius 3 is 3.18 bits per heavy atom. The third-order valence-corrected chi connectivity index (χ3v) is 3.01. The van der Waals surface area contributed by atoms with E-state index in [0.717, 1.165) is 22.6 Å². The van der Waals surface area contributed by atoms with Crippen LogP contribution < -0.4 is 10.1 Å². The maximum atomic E-state index is 7.31. The molecule has 0 radical (unpaired) electrons. The lowest BCUT2D eigenvalue weighted by Gasteiger charge is -2.13. The molecule has 0 saturated carbocycles. The van der Waals surface area contributed by atoms with Gasteiger partial charge in [-0.15, -0.1) is 0 Å². The Balaban J connectivity index is 2.18. The molecule has 1 aromatic carbocycles. The largest absolute Gasteiger partial charge is 0.471 e. The lowest BCUT2D eigenvalue weighted by atomic mass is 9.97. The van der Waals surface area contributed by atoms with Crippen LogP contribution >= 0.6 is 0 Å². The predicted molar refractivity (Wildman–Crippen MR) is 67.8 cm³/mol. The number of allylic oxidation sites excluding steroid dienone is 1. The highest BCUT2D eigenvalue weighted by Gasteiger charge is 2.41. The van der Waals surface area contributed by atoms with Gasteiger partial charge in [0.05, 0.1) is 0 Å². The standard InChI is InChI=1S/C13H13N3O/c1-7(6-14)9-4-3-5-10-11(9)8(2)15-12-13(16-12)17-10/h3-6,12-14,16H,1H2,2H3. The average Bonchev–Trinajstić information content (AvgIpc) is 3.05. The van der Waals surface area contributed by atoms with Crippen molar-refractivity contribution < 1.29 is 4.74 Å². The van der Waals surface area contributed by atoms with Crippen molar-refractivity contribution in [3.63, 3.8) is 0 Å². The molecule has 4 nitrogen and oxygen atoms in total. The van der Waals surface area contributed by atoms with Gasteiger partial charge in [0, 0.05) is 17.5 Å². The quantitative estimate of drug-likeness (QED) is 0.597. The molecule has 0 amide bonds. The van der Waals surface area contributed by atoms with Crippen LogP contribution in [0.3, 0.4) is 0 Å². The van der Waals surface area contributed by atoms with Crippen LogP contribution in [-0.2, 0) is 0 Å². The van der Waals surface area contributed by atoms with Gasteiger partial charge in [0.15, 0.2) is 12.4 Å². The Hall–Kier alpha value is -1.94. The van der Waals surface area contributed by atoms with E-state index in [2.05, 4.69) is 16.9 Å². The highest BCUT2D eigenvalue weighted by molar-refractivity contribution is 6.14. The highest BCUT2D eigenvalue weighted by Crippen LogP contribution is 2.33. The summed E-state index contributed by atoms with van der Waals surface area (Å²) in [6, 6.07) is 5.79. The van der Waals surface area contributed by atoms with Crippen LogP contribution in [0.25, 0.3) is 5.57 Å². The van der Waals surface area contributed by atoms with E-state index in [-0.39, 0.29) is 12.4 Å². The molecule has 0 spiro atoms. The molecular formula is C13H13N3O. The first-order valence-corrected chi connectivity index (χ1v) is 5.51. The topological polar surface area (TPSA) is 67.4 Å². The number of aliphatic imine (C=N–C) groups is 1. The van der Waals surface area contributed by atoms with Crippen molar-refractivity contribution in [2.24, 2.45) is 4.99 Å². The predicted octanol–water partition coefficient (Wildman–Crippen LogP) is 1.81. The molecule has 1 saturated heterocycles. The van der Waals surface area contributed by atoms with E-state index in [9.17, 15) is 0 Å². The SMILES string of the molecule is C=C(C=N)c1cccc2c1C(C)=NC1NC1O2. The minimum Gasteiger partial charge on any atom is -0.471 e. The summed E-state index contributed by atoms with van der Waals surface area (Å²) >= 11 is 0. The summed E-state index contributed by atoms with van der Waals surface area (Å²) in [6.07, 6.45) is 1.32. The number of nitrogens with zero attached hydrogens (tertiary/aromatic N) is 1. The average molecular weight is 227 g/mol. The Morgan fingerprint density at radius 1 is 1.59 bits per heavy atom. The summed E-state index contributed by atoms with van der Waals surface area (Å²) in [5.41, 5.74) is 3.47. The van der Waals surface area contributed by atoms with E-state index < -0.39 is 0 Å². The fraction of sp³-hybridized carbons (Fsp3) is 0.231. The van der Waals surface area contributed by atoms with Crippen molar-refractivity contribution in [3.8, 4) is 5.75 Å².